The second-order valence-electron chi connectivity index (χ2n) is 9.12. The Balaban J connectivity index is 1.78. The molecule has 8 heteroatoms. The van der Waals surface area contributed by atoms with Gasteiger partial charge in [0.15, 0.2) is 11.5 Å². The number of phenolic OH excluding ortho intramolecular Hbond substituents is 1. The summed E-state index contributed by atoms with van der Waals surface area (Å²) >= 11 is 0. The lowest BCUT2D eigenvalue weighted by Gasteiger charge is -2.35. The zero-order chi connectivity index (χ0) is 25.1. The second-order valence-corrected chi connectivity index (χ2v) is 9.12. The summed E-state index contributed by atoms with van der Waals surface area (Å²) in [7, 11) is 1.49. The summed E-state index contributed by atoms with van der Waals surface area (Å²) in [5, 5.41) is 17.7. The molecule has 1 atom stereocenters. The van der Waals surface area contributed by atoms with Gasteiger partial charge in [-0.3, -0.25) is 4.90 Å². The van der Waals surface area contributed by atoms with Crippen molar-refractivity contribution < 1.29 is 19.2 Å². The van der Waals surface area contributed by atoms with E-state index in [2.05, 4.69) is 31.2 Å². The van der Waals surface area contributed by atoms with Gasteiger partial charge in [-0.1, -0.05) is 56.3 Å². The van der Waals surface area contributed by atoms with Crippen molar-refractivity contribution in [2.24, 2.45) is 5.92 Å². The molecule has 4 rings (SSSR count). The third kappa shape index (κ3) is 5.01. The average Bonchev–Trinajstić information content (AvgIpc) is 3.33. The third-order valence-corrected chi connectivity index (χ3v) is 6.34. The first-order valence-electron chi connectivity index (χ1n) is 11.9. The van der Waals surface area contributed by atoms with Crippen LogP contribution < -0.4 is 10.1 Å². The Morgan fingerprint density at radius 1 is 1.20 bits per heavy atom. The Morgan fingerprint density at radius 3 is 2.57 bits per heavy atom. The molecule has 2 aromatic carbocycles. The lowest BCUT2D eigenvalue weighted by Crippen LogP contribution is -2.46. The Kier molecular flexibility index (Phi) is 7.10. The molecule has 0 saturated carbocycles. The first-order chi connectivity index (χ1) is 16.8. The maximum atomic E-state index is 13.1. The minimum atomic E-state index is -0.578. The number of urea groups is 1. The molecule has 0 bridgehead atoms. The normalized spacial score (nSPS) is 16.1. The number of rotatable bonds is 8. The number of ether oxygens (including phenoxy) is 1. The molecule has 35 heavy (non-hydrogen) atoms. The Hall–Kier alpha value is -3.81. The van der Waals surface area contributed by atoms with Crippen LogP contribution >= 0.6 is 0 Å². The molecule has 0 spiro atoms. The third-order valence-electron chi connectivity index (χ3n) is 6.34. The summed E-state index contributed by atoms with van der Waals surface area (Å²) in [6, 6.07) is 12.3. The van der Waals surface area contributed by atoms with Gasteiger partial charge in [-0.2, -0.15) is 4.98 Å². The largest absolute Gasteiger partial charge is 0.504 e. The number of hydrogen-bond acceptors (Lipinski definition) is 6. The van der Waals surface area contributed by atoms with E-state index < -0.39 is 6.04 Å². The maximum Gasteiger partial charge on any atom is 0.322 e. The topological polar surface area (TPSA) is 101 Å². The zero-order valence-corrected chi connectivity index (χ0v) is 20.8. The molecule has 1 aromatic heterocycles. The SMILES string of the molecule is CCc1ccc(-c2noc(C3=C(C)N(CCC(C)C)C(=O)NC3c3ccc(OC)c(O)c3)n2)cc1. The van der Waals surface area contributed by atoms with Crippen molar-refractivity contribution in [3.8, 4) is 22.9 Å². The molecule has 0 aliphatic carbocycles. The van der Waals surface area contributed by atoms with Crippen LogP contribution in [0.25, 0.3) is 17.0 Å². The molecule has 0 saturated heterocycles. The van der Waals surface area contributed by atoms with Crippen molar-refractivity contribution >= 4 is 11.6 Å². The summed E-state index contributed by atoms with van der Waals surface area (Å²) < 4.78 is 10.9. The number of carbonyl (C=O) groups excluding carboxylic acids is 1. The number of aromatic nitrogens is 2. The van der Waals surface area contributed by atoms with E-state index in [0.717, 1.165) is 24.1 Å². The van der Waals surface area contributed by atoms with Gasteiger partial charge in [0.25, 0.3) is 5.89 Å². The van der Waals surface area contributed by atoms with Gasteiger partial charge in [0.05, 0.1) is 18.7 Å². The van der Waals surface area contributed by atoms with Crippen molar-refractivity contribution in [2.45, 2.75) is 46.6 Å². The molecule has 3 aromatic rings. The summed E-state index contributed by atoms with van der Waals surface area (Å²) in [5.74, 6) is 1.58. The molecule has 1 aliphatic rings. The molecule has 184 valence electrons. The van der Waals surface area contributed by atoms with Crippen molar-refractivity contribution in [2.75, 3.05) is 13.7 Å². The summed E-state index contributed by atoms with van der Waals surface area (Å²) in [5.41, 5.74) is 4.20. The highest BCUT2D eigenvalue weighted by atomic mass is 16.5. The van der Waals surface area contributed by atoms with Crippen molar-refractivity contribution in [3.63, 3.8) is 0 Å². The number of nitrogens with one attached hydrogen (secondary N) is 1. The Bertz CT molecular complexity index is 1230. The molecule has 2 amide bonds. The molecule has 0 fully saturated rings. The summed E-state index contributed by atoms with van der Waals surface area (Å²) in [6.07, 6.45) is 1.80. The monoisotopic (exact) mass is 476 g/mol. The number of hydrogen-bond donors (Lipinski definition) is 2. The van der Waals surface area contributed by atoms with Crippen LogP contribution in [0.3, 0.4) is 0 Å². The van der Waals surface area contributed by atoms with E-state index in [4.69, 9.17) is 14.2 Å². The van der Waals surface area contributed by atoms with Gasteiger partial charge >= 0.3 is 6.03 Å². The molecule has 2 heterocycles. The minimum absolute atomic E-state index is 0.0132. The molecule has 2 N–H and O–H groups in total. The fourth-order valence-corrected chi connectivity index (χ4v) is 4.19. The molecule has 1 aliphatic heterocycles. The van der Waals surface area contributed by atoms with Gasteiger partial charge < -0.3 is 19.7 Å². The number of phenols is 1. The highest BCUT2D eigenvalue weighted by Gasteiger charge is 2.36. The van der Waals surface area contributed by atoms with Crippen molar-refractivity contribution in [3.05, 3.63) is 65.2 Å². The van der Waals surface area contributed by atoms with Crippen molar-refractivity contribution in [1.29, 1.82) is 0 Å². The van der Waals surface area contributed by atoms with E-state index >= 15 is 0 Å². The van der Waals surface area contributed by atoms with Crippen LogP contribution in [0.1, 0.15) is 57.2 Å². The maximum absolute atomic E-state index is 13.1. The van der Waals surface area contributed by atoms with Crippen LogP contribution in [0.4, 0.5) is 4.79 Å². The van der Waals surface area contributed by atoms with Crippen LogP contribution in [0, 0.1) is 5.92 Å². The van der Waals surface area contributed by atoms with E-state index in [9.17, 15) is 9.90 Å². The quantitative estimate of drug-likeness (QED) is 0.442. The summed E-state index contributed by atoms with van der Waals surface area (Å²) in [6.45, 7) is 8.82. The minimum Gasteiger partial charge on any atom is -0.504 e. The van der Waals surface area contributed by atoms with Crippen LogP contribution in [-0.4, -0.2) is 39.8 Å². The lowest BCUT2D eigenvalue weighted by atomic mass is 9.94. The van der Waals surface area contributed by atoms with Crippen LogP contribution in [0.2, 0.25) is 0 Å². The predicted octanol–water partition coefficient (Wildman–Crippen LogP) is 5.56. The fourth-order valence-electron chi connectivity index (χ4n) is 4.19. The van der Waals surface area contributed by atoms with Gasteiger partial charge in [0.1, 0.15) is 0 Å². The van der Waals surface area contributed by atoms with Gasteiger partial charge in [0, 0.05) is 17.8 Å². The number of aromatic hydroxyl groups is 1. The van der Waals surface area contributed by atoms with E-state index in [0.29, 0.717) is 41.1 Å². The van der Waals surface area contributed by atoms with Gasteiger partial charge in [0.2, 0.25) is 5.82 Å². The first-order valence-corrected chi connectivity index (χ1v) is 11.9. The molecule has 8 nitrogen and oxygen atoms in total. The van der Waals surface area contributed by atoms with Gasteiger partial charge in [-0.05, 0) is 48.9 Å². The van der Waals surface area contributed by atoms with E-state index in [1.54, 1.807) is 23.1 Å². The smallest absolute Gasteiger partial charge is 0.322 e. The average molecular weight is 477 g/mol. The molecular formula is C27H32N4O4. The lowest BCUT2D eigenvalue weighted by molar-refractivity contribution is 0.202. The highest BCUT2D eigenvalue weighted by Crippen LogP contribution is 2.39. The van der Waals surface area contributed by atoms with E-state index in [1.807, 2.05) is 31.2 Å². The number of aryl methyl sites for hydroxylation is 1. The van der Waals surface area contributed by atoms with Gasteiger partial charge in [-0.15, -0.1) is 0 Å². The number of methoxy groups -OCH3 is 1. The number of carbonyl (C=O) groups is 1. The Morgan fingerprint density at radius 2 is 1.94 bits per heavy atom. The predicted molar refractivity (Wildman–Crippen MR) is 134 cm³/mol. The fraction of sp³-hybridized carbons (Fsp3) is 0.370. The van der Waals surface area contributed by atoms with Crippen molar-refractivity contribution in [1.82, 2.24) is 20.4 Å². The van der Waals surface area contributed by atoms with E-state index in [1.165, 1.54) is 12.7 Å². The number of benzene rings is 2. The molecule has 0 radical (unpaired) electrons. The first kappa shape index (κ1) is 24.3. The highest BCUT2D eigenvalue weighted by molar-refractivity contribution is 5.87. The Labute approximate surface area is 205 Å². The van der Waals surface area contributed by atoms with Gasteiger partial charge in [-0.25, -0.2) is 4.79 Å². The van der Waals surface area contributed by atoms with Crippen LogP contribution in [0.5, 0.6) is 11.5 Å². The zero-order valence-electron chi connectivity index (χ0n) is 20.8. The molecular weight excluding hydrogens is 444 g/mol. The van der Waals surface area contributed by atoms with Crippen LogP contribution in [-0.2, 0) is 6.42 Å². The van der Waals surface area contributed by atoms with E-state index in [-0.39, 0.29) is 11.8 Å². The molecule has 1 unspecified atom stereocenters. The second kappa shape index (κ2) is 10.2. The number of amides is 2. The number of nitrogens with zero attached hydrogens (tertiary/aromatic N) is 3. The number of allylic oxidation sites excluding steroid dienone is 1. The van der Waals surface area contributed by atoms with Crippen LogP contribution in [0.15, 0.2) is 52.7 Å². The summed E-state index contributed by atoms with van der Waals surface area (Å²) in [4.78, 5) is 19.5. The standard InChI is InChI=1S/C27H32N4O4/c1-6-18-7-9-19(10-8-18)25-29-26(35-30-25)23-17(4)31(14-13-16(2)3)27(33)28-24(23)20-11-12-22(34-5)21(32)15-20/h7-12,15-16,24,32H,6,13-14H2,1-5H3,(H,28,33).